The number of amides is 2. The van der Waals surface area contributed by atoms with Crippen molar-refractivity contribution in [1.82, 2.24) is 4.90 Å². The summed E-state index contributed by atoms with van der Waals surface area (Å²) < 4.78 is 0. The third-order valence-corrected chi connectivity index (χ3v) is 5.05. The van der Waals surface area contributed by atoms with E-state index in [9.17, 15) is 9.59 Å². The smallest absolute Gasteiger partial charge is 0.241 e. The number of anilines is 2. The number of nitrogens with one attached hydrogen (secondary N) is 2. The van der Waals surface area contributed by atoms with Crippen LogP contribution in [0.3, 0.4) is 0 Å². The summed E-state index contributed by atoms with van der Waals surface area (Å²) in [6.07, 6.45) is 1.68. The third-order valence-electron chi connectivity index (χ3n) is 5.05. The molecule has 6 nitrogen and oxygen atoms in total. The predicted molar refractivity (Wildman–Crippen MR) is 109 cm³/mol. The second-order valence-corrected chi connectivity index (χ2v) is 7.05. The highest BCUT2D eigenvalue weighted by atomic mass is 16.2. The summed E-state index contributed by atoms with van der Waals surface area (Å²) in [5.41, 5.74) is 1.89. The number of hydrogen-bond acceptors (Lipinski definition) is 4. The maximum atomic E-state index is 12.6. The lowest BCUT2D eigenvalue weighted by Crippen LogP contribution is -2.49. The number of para-hydroxylation sites is 1. The molecule has 2 N–H and O–H groups in total. The van der Waals surface area contributed by atoms with E-state index >= 15 is 0 Å². The van der Waals surface area contributed by atoms with Gasteiger partial charge in [-0.2, -0.15) is 5.26 Å². The van der Waals surface area contributed by atoms with E-state index in [4.69, 9.17) is 5.26 Å². The van der Waals surface area contributed by atoms with E-state index in [0.717, 1.165) is 25.1 Å². The number of nitrogens with zero attached hydrogens (tertiary/aromatic N) is 2. The third kappa shape index (κ3) is 4.96. The van der Waals surface area contributed by atoms with Gasteiger partial charge in [0.05, 0.1) is 23.6 Å². The van der Waals surface area contributed by atoms with Crippen LogP contribution in [0.5, 0.6) is 0 Å². The molecule has 0 aliphatic carbocycles. The van der Waals surface area contributed by atoms with Crippen LogP contribution in [-0.2, 0) is 9.59 Å². The first-order valence-corrected chi connectivity index (χ1v) is 9.48. The molecule has 28 heavy (non-hydrogen) atoms. The van der Waals surface area contributed by atoms with Gasteiger partial charge in [0, 0.05) is 17.9 Å². The summed E-state index contributed by atoms with van der Waals surface area (Å²) in [6.45, 7) is 3.17. The van der Waals surface area contributed by atoms with E-state index in [2.05, 4.69) is 16.7 Å². The molecule has 3 rings (SSSR count). The van der Waals surface area contributed by atoms with Crippen LogP contribution in [0.4, 0.5) is 11.4 Å². The number of rotatable bonds is 5. The minimum absolute atomic E-state index is 0.00905. The van der Waals surface area contributed by atoms with Gasteiger partial charge in [-0.25, -0.2) is 0 Å². The maximum Gasteiger partial charge on any atom is 0.241 e. The normalized spacial score (nSPS) is 17.9. The lowest BCUT2D eigenvalue weighted by Gasteiger charge is -2.35. The first-order chi connectivity index (χ1) is 13.6. The summed E-state index contributed by atoms with van der Waals surface area (Å²) >= 11 is 0. The van der Waals surface area contributed by atoms with E-state index in [0.29, 0.717) is 17.8 Å². The molecule has 1 fully saturated rings. The Morgan fingerprint density at radius 2 is 1.86 bits per heavy atom. The molecule has 2 atom stereocenters. The minimum atomic E-state index is -0.363. The number of benzene rings is 2. The van der Waals surface area contributed by atoms with Crippen LogP contribution in [-0.4, -0.2) is 35.8 Å². The van der Waals surface area contributed by atoms with Crippen LogP contribution in [0.15, 0.2) is 54.6 Å². The fourth-order valence-electron chi connectivity index (χ4n) is 3.42. The molecule has 2 amide bonds. The zero-order chi connectivity index (χ0) is 19.9. The zero-order valence-corrected chi connectivity index (χ0v) is 15.9. The molecule has 0 radical (unpaired) electrons. The highest BCUT2D eigenvalue weighted by Crippen LogP contribution is 2.21. The van der Waals surface area contributed by atoms with Gasteiger partial charge >= 0.3 is 0 Å². The average Bonchev–Trinajstić information content (AvgIpc) is 2.74. The van der Waals surface area contributed by atoms with Gasteiger partial charge < -0.3 is 10.6 Å². The van der Waals surface area contributed by atoms with Crippen molar-refractivity contribution in [3.05, 3.63) is 60.2 Å². The van der Waals surface area contributed by atoms with Crippen molar-refractivity contribution in [3.8, 4) is 6.07 Å². The molecule has 6 heteroatoms. The Bertz CT molecular complexity index is 876. The molecule has 1 saturated heterocycles. The number of likely N-dealkylation sites (tertiary alicyclic amines) is 1. The Kier molecular flexibility index (Phi) is 6.41. The van der Waals surface area contributed by atoms with E-state index in [1.807, 2.05) is 42.2 Å². The summed E-state index contributed by atoms with van der Waals surface area (Å²) in [7, 11) is 0. The number of carbonyl (C=O) groups is 2. The molecular formula is C22H24N4O2. The van der Waals surface area contributed by atoms with Crippen LogP contribution in [0.2, 0.25) is 0 Å². The first kappa shape index (κ1) is 19.6. The molecule has 0 aromatic heterocycles. The van der Waals surface area contributed by atoms with Crippen molar-refractivity contribution < 1.29 is 9.59 Å². The molecule has 1 aliphatic heterocycles. The second kappa shape index (κ2) is 9.16. The number of piperidine rings is 1. The van der Waals surface area contributed by atoms with Crippen molar-refractivity contribution in [3.63, 3.8) is 0 Å². The Balaban J connectivity index is 1.58. The molecule has 1 heterocycles. The molecule has 0 saturated carbocycles. The van der Waals surface area contributed by atoms with Crippen molar-refractivity contribution in [1.29, 1.82) is 5.26 Å². The van der Waals surface area contributed by atoms with E-state index < -0.39 is 0 Å². The highest BCUT2D eigenvalue weighted by molar-refractivity contribution is 5.95. The molecule has 2 aromatic rings. The Hall–Kier alpha value is -3.17. The largest absolute Gasteiger partial charge is 0.326 e. The Labute approximate surface area is 165 Å². The van der Waals surface area contributed by atoms with Crippen molar-refractivity contribution in [2.75, 3.05) is 23.7 Å². The highest BCUT2D eigenvalue weighted by Gasteiger charge is 2.31. The lowest BCUT2D eigenvalue weighted by atomic mass is 9.95. The van der Waals surface area contributed by atoms with Crippen molar-refractivity contribution in [2.45, 2.75) is 25.8 Å². The van der Waals surface area contributed by atoms with Gasteiger partial charge in [0.2, 0.25) is 11.8 Å². The summed E-state index contributed by atoms with van der Waals surface area (Å²) in [5.74, 6) is -0.296. The van der Waals surface area contributed by atoms with Gasteiger partial charge in [0.15, 0.2) is 0 Å². The van der Waals surface area contributed by atoms with Crippen molar-refractivity contribution in [2.24, 2.45) is 5.92 Å². The van der Waals surface area contributed by atoms with Gasteiger partial charge in [0.25, 0.3) is 0 Å². The van der Waals surface area contributed by atoms with Crippen LogP contribution in [0, 0.1) is 17.2 Å². The molecule has 0 unspecified atom stereocenters. The maximum absolute atomic E-state index is 12.6. The topological polar surface area (TPSA) is 85.2 Å². The summed E-state index contributed by atoms with van der Waals surface area (Å²) in [5, 5.41) is 14.8. The SMILES string of the molecule is C[C@@H](C(=O)Nc1cccc(C#N)c1)N1CCC[C@H](C(=O)Nc2ccccc2)C1. The number of hydrogen-bond donors (Lipinski definition) is 2. The summed E-state index contributed by atoms with van der Waals surface area (Å²) in [4.78, 5) is 27.3. The van der Waals surface area contributed by atoms with Gasteiger partial charge in [-0.3, -0.25) is 14.5 Å². The Morgan fingerprint density at radius 1 is 1.11 bits per heavy atom. The number of carbonyl (C=O) groups excluding carboxylic acids is 2. The average molecular weight is 376 g/mol. The molecule has 0 spiro atoms. The zero-order valence-electron chi connectivity index (χ0n) is 15.9. The molecule has 2 aromatic carbocycles. The van der Waals surface area contributed by atoms with Crippen LogP contribution in [0.25, 0.3) is 0 Å². The van der Waals surface area contributed by atoms with Crippen LogP contribution in [0.1, 0.15) is 25.3 Å². The number of nitriles is 1. The molecule has 144 valence electrons. The lowest BCUT2D eigenvalue weighted by molar-refractivity contribution is -0.125. The summed E-state index contributed by atoms with van der Waals surface area (Å²) in [6, 6.07) is 18.0. The van der Waals surface area contributed by atoms with E-state index in [1.165, 1.54) is 0 Å². The van der Waals surface area contributed by atoms with Crippen molar-refractivity contribution >= 4 is 23.2 Å². The first-order valence-electron chi connectivity index (χ1n) is 9.48. The standard InChI is InChI=1S/C22H24N4O2/c1-16(21(27)25-20-11-5-7-17(13-20)14-23)26-12-6-8-18(15-26)22(28)24-19-9-3-2-4-10-19/h2-5,7,9-11,13,16,18H,6,8,12,15H2,1H3,(H,24,28)(H,25,27)/t16-,18-/m0/s1. The fourth-order valence-corrected chi connectivity index (χ4v) is 3.42. The van der Waals surface area contributed by atoms with Crippen LogP contribution >= 0.6 is 0 Å². The molecular weight excluding hydrogens is 352 g/mol. The fraction of sp³-hybridized carbons (Fsp3) is 0.318. The van der Waals surface area contributed by atoms with Crippen LogP contribution < -0.4 is 10.6 Å². The van der Waals surface area contributed by atoms with Gasteiger partial charge in [-0.15, -0.1) is 0 Å². The second-order valence-electron chi connectivity index (χ2n) is 7.05. The monoisotopic (exact) mass is 376 g/mol. The van der Waals surface area contributed by atoms with Gasteiger partial charge in [-0.1, -0.05) is 24.3 Å². The van der Waals surface area contributed by atoms with E-state index in [-0.39, 0.29) is 23.8 Å². The van der Waals surface area contributed by atoms with E-state index in [1.54, 1.807) is 24.3 Å². The molecule has 0 bridgehead atoms. The molecule has 1 aliphatic rings. The Morgan fingerprint density at radius 3 is 2.61 bits per heavy atom. The quantitative estimate of drug-likeness (QED) is 0.839. The van der Waals surface area contributed by atoms with Gasteiger partial charge in [-0.05, 0) is 56.6 Å². The predicted octanol–water partition coefficient (Wildman–Crippen LogP) is 3.24. The van der Waals surface area contributed by atoms with Gasteiger partial charge in [0.1, 0.15) is 0 Å². The minimum Gasteiger partial charge on any atom is -0.326 e.